The first-order valence-corrected chi connectivity index (χ1v) is 6.28. The van der Waals surface area contributed by atoms with Gasteiger partial charge >= 0.3 is 54.9 Å². The monoisotopic (exact) mass is 418 g/mol. The van der Waals surface area contributed by atoms with Crippen molar-refractivity contribution in [1.29, 1.82) is 0 Å². The molecule has 0 unspecified atom stereocenters. The summed E-state index contributed by atoms with van der Waals surface area (Å²) in [7, 11) is 0. The standard InChI is InChI=1S/C13H26O6.Ba.2H/c1-11(2,3)16-18-13(7,9-8-10(14)15)19-17-12(4,5)6;;;/h8-9H2,1-7H3,(H,14,15);;;. The molecule has 0 aromatic rings. The van der Waals surface area contributed by atoms with E-state index >= 15 is 0 Å². The zero-order valence-corrected chi connectivity index (χ0v) is 12.9. The van der Waals surface area contributed by atoms with Crippen LogP contribution in [0.4, 0.5) is 0 Å². The van der Waals surface area contributed by atoms with Crippen LogP contribution in [0.15, 0.2) is 0 Å². The van der Waals surface area contributed by atoms with Crippen LogP contribution in [0.3, 0.4) is 0 Å². The second kappa shape index (κ2) is 9.12. The van der Waals surface area contributed by atoms with Crippen molar-refractivity contribution in [2.45, 2.75) is 78.3 Å². The molecule has 0 aromatic heterocycles. The van der Waals surface area contributed by atoms with Gasteiger partial charge in [0.25, 0.3) is 0 Å². The van der Waals surface area contributed by atoms with Crippen LogP contribution in [-0.4, -0.2) is 76.9 Å². The molecular weight excluding hydrogens is 389 g/mol. The fraction of sp³-hybridized carbons (Fsp3) is 0.923. The van der Waals surface area contributed by atoms with Gasteiger partial charge in [-0.2, -0.15) is 9.78 Å². The predicted octanol–water partition coefficient (Wildman–Crippen LogP) is 2.14. The number of carboxylic acid groups (broad SMARTS) is 1. The third-order valence-electron chi connectivity index (χ3n) is 1.73. The van der Waals surface area contributed by atoms with Crippen molar-refractivity contribution >= 4 is 54.9 Å². The van der Waals surface area contributed by atoms with E-state index in [1.54, 1.807) is 6.92 Å². The normalized spacial score (nSPS) is 12.9. The number of carboxylic acids is 1. The number of hydrogen-bond donors (Lipinski definition) is 1. The molecule has 0 heterocycles. The van der Waals surface area contributed by atoms with Crippen LogP contribution in [-0.2, 0) is 24.3 Å². The SMILES string of the molecule is CC(C)(C)OOC(C)(CCC(=O)O)OOC(C)(C)C.[BaH2]. The summed E-state index contributed by atoms with van der Waals surface area (Å²) in [5.41, 5.74) is -1.06. The molecule has 0 saturated carbocycles. The Morgan fingerprint density at radius 3 is 1.45 bits per heavy atom. The van der Waals surface area contributed by atoms with Crippen molar-refractivity contribution < 1.29 is 29.5 Å². The van der Waals surface area contributed by atoms with Gasteiger partial charge in [0.1, 0.15) is 0 Å². The maximum atomic E-state index is 10.7. The first kappa shape index (κ1) is 23.2. The molecule has 0 aromatic carbocycles. The molecular formula is C13H28BaO6. The first-order valence-electron chi connectivity index (χ1n) is 6.28. The van der Waals surface area contributed by atoms with E-state index in [1.165, 1.54) is 0 Å². The van der Waals surface area contributed by atoms with Crippen molar-refractivity contribution in [2.75, 3.05) is 0 Å². The van der Waals surface area contributed by atoms with Gasteiger partial charge in [-0.05, 0) is 48.5 Å². The molecule has 0 aliphatic rings. The van der Waals surface area contributed by atoms with Crippen LogP contribution in [0.2, 0.25) is 0 Å². The molecule has 0 spiro atoms. The Bertz CT molecular complexity index is 274. The van der Waals surface area contributed by atoms with Gasteiger partial charge in [0.05, 0.1) is 17.6 Å². The Morgan fingerprint density at radius 1 is 0.850 bits per heavy atom. The van der Waals surface area contributed by atoms with Crippen molar-refractivity contribution in [3.8, 4) is 0 Å². The molecule has 0 aliphatic carbocycles. The zero-order chi connectivity index (χ0) is 15.3. The first-order chi connectivity index (χ1) is 8.33. The summed E-state index contributed by atoms with van der Waals surface area (Å²) in [6.45, 7) is 12.5. The third-order valence-corrected chi connectivity index (χ3v) is 1.73. The van der Waals surface area contributed by atoms with E-state index in [4.69, 9.17) is 24.7 Å². The van der Waals surface area contributed by atoms with Crippen LogP contribution in [0.5, 0.6) is 0 Å². The summed E-state index contributed by atoms with van der Waals surface area (Å²) in [6.07, 6.45) is -0.00794. The fourth-order valence-electron chi connectivity index (χ4n) is 0.857. The number of aliphatic carboxylic acids is 1. The van der Waals surface area contributed by atoms with Crippen molar-refractivity contribution in [1.82, 2.24) is 0 Å². The van der Waals surface area contributed by atoms with Gasteiger partial charge in [0.15, 0.2) is 0 Å². The maximum absolute atomic E-state index is 10.7. The summed E-state index contributed by atoms with van der Waals surface area (Å²) in [4.78, 5) is 31.5. The quantitative estimate of drug-likeness (QED) is 0.296. The van der Waals surface area contributed by atoms with E-state index in [0.717, 1.165) is 0 Å². The van der Waals surface area contributed by atoms with Gasteiger partial charge in [0, 0.05) is 6.42 Å². The van der Waals surface area contributed by atoms with Crippen LogP contribution < -0.4 is 0 Å². The Balaban J connectivity index is 0. The molecule has 0 saturated heterocycles. The second-order valence-corrected chi connectivity index (χ2v) is 6.59. The van der Waals surface area contributed by atoms with Gasteiger partial charge in [-0.1, -0.05) is 0 Å². The number of rotatable bonds is 7. The van der Waals surface area contributed by atoms with Crippen LogP contribution in [0.25, 0.3) is 0 Å². The van der Waals surface area contributed by atoms with E-state index < -0.39 is 23.0 Å². The summed E-state index contributed by atoms with van der Waals surface area (Å²) >= 11 is 0. The Labute approximate surface area is 161 Å². The van der Waals surface area contributed by atoms with E-state index in [9.17, 15) is 4.79 Å². The van der Waals surface area contributed by atoms with E-state index in [2.05, 4.69) is 0 Å². The van der Waals surface area contributed by atoms with E-state index in [-0.39, 0.29) is 61.7 Å². The number of carbonyl (C=O) groups is 1. The Hall–Kier alpha value is 0.881. The molecule has 1 N–H and O–H groups in total. The molecule has 0 aliphatic heterocycles. The molecule has 0 fully saturated rings. The van der Waals surface area contributed by atoms with Crippen LogP contribution in [0, 0.1) is 0 Å². The van der Waals surface area contributed by atoms with E-state index in [0.29, 0.717) is 0 Å². The molecule has 0 atom stereocenters. The van der Waals surface area contributed by atoms with Crippen molar-refractivity contribution in [2.24, 2.45) is 0 Å². The summed E-state index contributed by atoms with van der Waals surface area (Å²) in [5, 5.41) is 8.74. The summed E-state index contributed by atoms with van der Waals surface area (Å²) in [5.74, 6) is -2.22. The Kier molecular flexibility index (Phi) is 10.6. The fourth-order valence-corrected chi connectivity index (χ4v) is 0.857. The van der Waals surface area contributed by atoms with Crippen molar-refractivity contribution in [3.63, 3.8) is 0 Å². The third kappa shape index (κ3) is 13.8. The van der Waals surface area contributed by atoms with E-state index in [1.807, 2.05) is 41.5 Å². The predicted molar refractivity (Wildman–Crippen MR) is 77.7 cm³/mol. The average molecular weight is 418 g/mol. The van der Waals surface area contributed by atoms with Gasteiger partial charge < -0.3 is 5.11 Å². The second-order valence-electron chi connectivity index (χ2n) is 6.59. The molecule has 0 radical (unpaired) electrons. The minimum absolute atomic E-state index is 0. The van der Waals surface area contributed by atoms with Crippen LogP contribution >= 0.6 is 0 Å². The van der Waals surface area contributed by atoms with Gasteiger partial charge in [0.2, 0.25) is 5.79 Å². The number of hydrogen-bond acceptors (Lipinski definition) is 5. The van der Waals surface area contributed by atoms with Gasteiger partial charge in [-0.3, -0.25) is 4.79 Å². The zero-order valence-electron chi connectivity index (χ0n) is 12.9. The molecule has 0 bridgehead atoms. The topological polar surface area (TPSA) is 74.2 Å². The Morgan fingerprint density at radius 2 is 1.20 bits per heavy atom. The van der Waals surface area contributed by atoms with Gasteiger partial charge in [-0.25, -0.2) is 9.78 Å². The van der Waals surface area contributed by atoms with Crippen LogP contribution in [0.1, 0.15) is 61.3 Å². The summed E-state index contributed by atoms with van der Waals surface area (Å²) < 4.78 is 0. The van der Waals surface area contributed by atoms with Crippen molar-refractivity contribution in [3.05, 3.63) is 0 Å². The van der Waals surface area contributed by atoms with Gasteiger partial charge in [-0.15, -0.1) is 0 Å². The summed E-state index contributed by atoms with van der Waals surface area (Å²) in [6, 6.07) is 0. The average Bonchev–Trinajstić information content (AvgIpc) is 2.19. The molecule has 118 valence electrons. The molecule has 20 heavy (non-hydrogen) atoms. The molecule has 0 rings (SSSR count). The molecule has 0 amide bonds. The molecule has 7 heteroatoms. The minimum atomic E-state index is -1.28. The molecule has 6 nitrogen and oxygen atoms in total.